The lowest BCUT2D eigenvalue weighted by Gasteiger charge is -2.21. The molecule has 0 radical (unpaired) electrons. The predicted octanol–water partition coefficient (Wildman–Crippen LogP) is 3.86. The van der Waals surface area contributed by atoms with Crippen LogP contribution in [0.3, 0.4) is 0 Å². The Morgan fingerprint density at radius 1 is 1.42 bits per heavy atom. The summed E-state index contributed by atoms with van der Waals surface area (Å²) in [4.78, 5) is 11.3. The van der Waals surface area contributed by atoms with Gasteiger partial charge < -0.3 is 10.5 Å². The lowest BCUT2D eigenvalue weighted by Crippen LogP contribution is -2.26. The van der Waals surface area contributed by atoms with Gasteiger partial charge in [-0.05, 0) is 57.1 Å². The van der Waals surface area contributed by atoms with E-state index in [1.165, 1.54) is 31.3 Å². The summed E-state index contributed by atoms with van der Waals surface area (Å²) in [6.45, 7) is 0. The third-order valence-corrected chi connectivity index (χ3v) is 4.36. The summed E-state index contributed by atoms with van der Waals surface area (Å²) in [5.41, 5.74) is 7.50. The summed E-state index contributed by atoms with van der Waals surface area (Å²) in [5, 5.41) is 8.93. The fourth-order valence-electron chi connectivity index (χ4n) is 3.11. The molecular formula is C20H26N2O2. The highest BCUT2D eigenvalue weighted by Crippen LogP contribution is 2.23. The predicted molar refractivity (Wildman–Crippen MR) is 94.9 cm³/mol. The SMILES string of the molecule is N#CC1=CC=CC(OC(CCCC2=CCCCC2)CC(N)=O)C=C1. The molecule has 2 N–H and O–H groups in total. The lowest BCUT2D eigenvalue weighted by molar-refractivity contribution is -0.121. The zero-order valence-corrected chi connectivity index (χ0v) is 14.1. The van der Waals surface area contributed by atoms with E-state index >= 15 is 0 Å². The second kappa shape index (κ2) is 9.89. The Labute approximate surface area is 144 Å². The van der Waals surface area contributed by atoms with Gasteiger partial charge >= 0.3 is 0 Å². The normalized spacial score (nSPS) is 21.4. The molecule has 24 heavy (non-hydrogen) atoms. The second-order valence-corrected chi connectivity index (χ2v) is 6.37. The highest BCUT2D eigenvalue weighted by atomic mass is 16.5. The molecular weight excluding hydrogens is 300 g/mol. The van der Waals surface area contributed by atoms with Gasteiger partial charge in [0.15, 0.2) is 0 Å². The number of hydrogen-bond donors (Lipinski definition) is 1. The van der Waals surface area contributed by atoms with Crippen molar-refractivity contribution in [3.05, 3.63) is 47.6 Å². The average Bonchev–Trinajstić information content (AvgIpc) is 2.80. The average molecular weight is 326 g/mol. The van der Waals surface area contributed by atoms with E-state index in [1.807, 2.05) is 18.2 Å². The number of carbonyl (C=O) groups excluding carboxylic acids is 1. The van der Waals surface area contributed by atoms with Crippen molar-refractivity contribution in [1.29, 1.82) is 5.26 Å². The van der Waals surface area contributed by atoms with Crippen LogP contribution >= 0.6 is 0 Å². The molecule has 0 saturated carbocycles. The standard InChI is InChI=1S/C20H26N2O2/c21-15-17-9-5-10-18(13-12-17)24-19(14-20(22)23)11-4-8-16-6-2-1-3-7-16/h5-6,9-10,12-13,18-19H,1-4,7-8,11,14H2,(H2,22,23). The first kappa shape index (κ1) is 18.2. The molecule has 0 spiro atoms. The highest BCUT2D eigenvalue weighted by molar-refractivity contribution is 5.74. The number of primary amides is 1. The number of hydrogen-bond acceptors (Lipinski definition) is 3. The number of rotatable bonds is 8. The molecule has 4 nitrogen and oxygen atoms in total. The molecule has 2 atom stereocenters. The van der Waals surface area contributed by atoms with Crippen LogP contribution in [-0.2, 0) is 9.53 Å². The summed E-state index contributed by atoms with van der Waals surface area (Å²) in [6.07, 6.45) is 19.1. The topological polar surface area (TPSA) is 76.1 Å². The molecule has 0 saturated heterocycles. The quantitative estimate of drug-likeness (QED) is 0.688. The smallest absolute Gasteiger partial charge is 0.220 e. The van der Waals surface area contributed by atoms with E-state index in [1.54, 1.807) is 12.2 Å². The fraction of sp³-hybridized carbons (Fsp3) is 0.500. The molecule has 2 rings (SSSR count). The van der Waals surface area contributed by atoms with Crippen molar-refractivity contribution in [2.24, 2.45) is 5.73 Å². The van der Waals surface area contributed by atoms with E-state index in [4.69, 9.17) is 15.7 Å². The molecule has 0 aromatic rings. The molecule has 0 fully saturated rings. The first-order valence-electron chi connectivity index (χ1n) is 8.76. The van der Waals surface area contributed by atoms with E-state index in [0.717, 1.165) is 19.3 Å². The number of amides is 1. The van der Waals surface area contributed by atoms with Crippen LogP contribution in [0.25, 0.3) is 0 Å². The number of nitrogens with two attached hydrogens (primary N) is 1. The summed E-state index contributed by atoms with van der Waals surface area (Å²) in [7, 11) is 0. The van der Waals surface area contributed by atoms with Crippen molar-refractivity contribution in [3.63, 3.8) is 0 Å². The molecule has 0 aromatic heterocycles. The minimum Gasteiger partial charge on any atom is -0.370 e. The zero-order valence-electron chi connectivity index (χ0n) is 14.1. The Bertz CT molecular complexity index is 593. The van der Waals surface area contributed by atoms with Gasteiger partial charge in [0, 0.05) is 0 Å². The van der Waals surface area contributed by atoms with Crippen LogP contribution in [0.15, 0.2) is 47.6 Å². The number of nitrogens with zero attached hydrogens (tertiary/aromatic N) is 1. The Kier molecular flexibility index (Phi) is 7.51. The van der Waals surface area contributed by atoms with Gasteiger partial charge in [-0.3, -0.25) is 4.79 Å². The molecule has 1 amide bonds. The third-order valence-electron chi connectivity index (χ3n) is 4.36. The van der Waals surface area contributed by atoms with Crippen molar-refractivity contribution >= 4 is 5.91 Å². The van der Waals surface area contributed by atoms with Crippen LogP contribution in [0.2, 0.25) is 0 Å². The van der Waals surface area contributed by atoms with E-state index in [-0.39, 0.29) is 24.5 Å². The summed E-state index contributed by atoms with van der Waals surface area (Å²) in [5.74, 6) is -0.339. The van der Waals surface area contributed by atoms with Crippen LogP contribution in [0.4, 0.5) is 0 Å². The molecule has 0 bridgehead atoms. The Hall–Kier alpha value is -2.12. The van der Waals surface area contributed by atoms with Crippen LogP contribution < -0.4 is 5.73 Å². The summed E-state index contributed by atoms with van der Waals surface area (Å²) in [6, 6.07) is 2.11. The first-order valence-corrected chi connectivity index (χ1v) is 8.76. The van der Waals surface area contributed by atoms with Crippen LogP contribution in [0, 0.1) is 11.3 Å². The maximum atomic E-state index is 11.3. The number of allylic oxidation sites excluding steroid dienone is 6. The largest absolute Gasteiger partial charge is 0.370 e. The van der Waals surface area contributed by atoms with Gasteiger partial charge in [-0.2, -0.15) is 5.26 Å². The molecule has 0 aromatic carbocycles. The number of carbonyl (C=O) groups is 1. The van der Waals surface area contributed by atoms with Gasteiger partial charge in [0.05, 0.1) is 30.3 Å². The molecule has 128 valence electrons. The minimum atomic E-state index is -0.339. The summed E-state index contributed by atoms with van der Waals surface area (Å²) < 4.78 is 6.03. The van der Waals surface area contributed by atoms with E-state index < -0.39 is 0 Å². The van der Waals surface area contributed by atoms with Crippen molar-refractivity contribution < 1.29 is 9.53 Å². The Balaban J connectivity index is 1.85. The molecule has 0 aliphatic heterocycles. The maximum Gasteiger partial charge on any atom is 0.220 e. The Morgan fingerprint density at radius 2 is 2.29 bits per heavy atom. The van der Waals surface area contributed by atoms with Crippen molar-refractivity contribution in [2.45, 2.75) is 63.6 Å². The fourth-order valence-corrected chi connectivity index (χ4v) is 3.11. The van der Waals surface area contributed by atoms with Crippen LogP contribution in [0.1, 0.15) is 51.4 Å². The minimum absolute atomic E-state index is 0.186. The monoisotopic (exact) mass is 326 g/mol. The Morgan fingerprint density at radius 3 is 3.00 bits per heavy atom. The van der Waals surface area contributed by atoms with Crippen molar-refractivity contribution in [3.8, 4) is 6.07 Å². The molecule has 0 heterocycles. The van der Waals surface area contributed by atoms with Crippen LogP contribution in [-0.4, -0.2) is 18.1 Å². The van der Waals surface area contributed by atoms with Gasteiger partial charge in [0.25, 0.3) is 0 Å². The molecule has 2 unspecified atom stereocenters. The van der Waals surface area contributed by atoms with Gasteiger partial charge in [0.1, 0.15) is 0 Å². The maximum absolute atomic E-state index is 11.3. The van der Waals surface area contributed by atoms with Gasteiger partial charge in [-0.1, -0.05) is 29.9 Å². The van der Waals surface area contributed by atoms with E-state index in [9.17, 15) is 4.79 Å². The van der Waals surface area contributed by atoms with Gasteiger partial charge in [0.2, 0.25) is 5.91 Å². The van der Waals surface area contributed by atoms with E-state index in [2.05, 4.69) is 12.1 Å². The lowest BCUT2D eigenvalue weighted by atomic mass is 9.94. The van der Waals surface area contributed by atoms with E-state index in [0.29, 0.717) is 5.57 Å². The molecule has 2 aliphatic rings. The third kappa shape index (κ3) is 6.55. The summed E-state index contributed by atoms with van der Waals surface area (Å²) >= 11 is 0. The highest BCUT2D eigenvalue weighted by Gasteiger charge is 2.17. The van der Waals surface area contributed by atoms with Gasteiger partial charge in [-0.25, -0.2) is 0 Å². The van der Waals surface area contributed by atoms with Crippen molar-refractivity contribution in [2.75, 3.05) is 0 Å². The first-order chi connectivity index (χ1) is 11.7. The zero-order chi connectivity index (χ0) is 17.2. The number of nitriles is 1. The molecule has 4 heteroatoms. The number of ether oxygens (including phenoxy) is 1. The van der Waals surface area contributed by atoms with Crippen LogP contribution in [0.5, 0.6) is 0 Å². The second-order valence-electron chi connectivity index (χ2n) is 6.37. The van der Waals surface area contributed by atoms with Gasteiger partial charge in [-0.15, -0.1) is 0 Å². The molecule has 2 aliphatic carbocycles. The van der Waals surface area contributed by atoms with Crippen molar-refractivity contribution in [1.82, 2.24) is 0 Å².